The van der Waals surface area contributed by atoms with Gasteiger partial charge in [-0.05, 0) is 51.0 Å². The number of rotatable bonds is 7. The van der Waals surface area contributed by atoms with E-state index in [1.165, 1.54) is 4.90 Å². The fraction of sp³-hybridized carbons (Fsp3) is 0.529. The van der Waals surface area contributed by atoms with Crippen LogP contribution in [0.15, 0.2) is 24.3 Å². The lowest BCUT2D eigenvalue weighted by Crippen LogP contribution is -2.45. The Morgan fingerprint density at radius 1 is 1.31 bits per heavy atom. The summed E-state index contributed by atoms with van der Waals surface area (Å²) in [6.07, 6.45) is 1.05. The Morgan fingerprint density at radius 3 is 2.54 bits per heavy atom. The van der Waals surface area contributed by atoms with E-state index in [9.17, 15) is 18.0 Å². The number of anilines is 1. The Bertz CT molecular complexity index is 745. The molecular formula is C17H24N2O6S. The van der Waals surface area contributed by atoms with Crippen molar-refractivity contribution in [3.63, 3.8) is 0 Å². The van der Waals surface area contributed by atoms with Crippen LogP contribution in [0, 0.1) is 5.92 Å². The molecule has 0 spiro atoms. The summed E-state index contributed by atoms with van der Waals surface area (Å²) in [7, 11) is -3.89. The third-order valence-electron chi connectivity index (χ3n) is 3.94. The molecule has 2 N–H and O–H groups in total. The van der Waals surface area contributed by atoms with E-state index in [-0.39, 0.29) is 12.6 Å². The van der Waals surface area contributed by atoms with E-state index in [1.54, 1.807) is 24.3 Å². The molecule has 1 unspecified atom stereocenters. The Morgan fingerprint density at radius 2 is 1.96 bits per heavy atom. The number of benzene rings is 1. The molecule has 1 saturated heterocycles. The summed E-state index contributed by atoms with van der Waals surface area (Å²) in [6.45, 7) is 4.19. The number of ether oxygens (including phenoxy) is 1. The maximum Gasteiger partial charge on any atom is 0.308 e. The van der Waals surface area contributed by atoms with Crippen molar-refractivity contribution in [1.82, 2.24) is 4.90 Å². The van der Waals surface area contributed by atoms with Crippen LogP contribution in [0.2, 0.25) is 0 Å². The van der Waals surface area contributed by atoms with E-state index >= 15 is 0 Å². The summed E-state index contributed by atoms with van der Waals surface area (Å²) >= 11 is 0. The van der Waals surface area contributed by atoms with E-state index in [0.717, 1.165) is 0 Å². The Hall–Kier alpha value is -2.29. The van der Waals surface area contributed by atoms with Gasteiger partial charge in [-0.3, -0.25) is 14.3 Å². The molecule has 1 aromatic rings. The summed E-state index contributed by atoms with van der Waals surface area (Å²) in [4.78, 5) is 24.6. The molecule has 1 aliphatic rings. The minimum atomic E-state index is -3.89. The monoisotopic (exact) mass is 384 g/mol. The third-order valence-corrected chi connectivity index (χ3v) is 5.11. The number of amides is 1. The minimum Gasteiger partial charge on any atom is -0.491 e. The molecule has 1 aliphatic heterocycles. The molecule has 9 heteroatoms. The van der Waals surface area contributed by atoms with Gasteiger partial charge in [0.15, 0.2) is 0 Å². The van der Waals surface area contributed by atoms with Crippen molar-refractivity contribution in [2.75, 3.05) is 23.6 Å². The molecule has 8 nitrogen and oxygen atoms in total. The van der Waals surface area contributed by atoms with E-state index in [4.69, 9.17) is 9.84 Å². The fourth-order valence-corrected chi connectivity index (χ4v) is 3.82. The second-order valence-corrected chi connectivity index (χ2v) is 8.29. The summed E-state index contributed by atoms with van der Waals surface area (Å²) in [5.74, 6) is -2.30. The number of sulfonamides is 1. The highest BCUT2D eigenvalue weighted by Gasteiger charge is 2.30. The number of carboxylic acids is 1. The normalized spacial score (nSPS) is 17.8. The number of carbonyl (C=O) groups excluding carboxylic acids is 1. The van der Waals surface area contributed by atoms with Gasteiger partial charge in [-0.15, -0.1) is 0 Å². The van der Waals surface area contributed by atoms with Crippen LogP contribution in [0.5, 0.6) is 5.75 Å². The van der Waals surface area contributed by atoms with E-state index in [2.05, 4.69) is 4.72 Å². The van der Waals surface area contributed by atoms with Gasteiger partial charge in [0, 0.05) is 18.8 Å². The largest absolute Gasteiger partial charge is 0.491 e. The molecule has 0 saturated carbocycles. The van der Waals surface area contributed by atoms with Crippen molar-refractivity contribution < 1.29 is 27.9 Å². The zero-order valence-corrected chi connectivity index (χ0v) is 15.7. The van der Waals surface area contributed by atoms with Gasteiger partial charge in [0.1, 0.15) is 11.5 Å². The molecule has 2 rings (SSSR count). The van der Waals surface area contributed by atoms with Crippen LogP contribution in [-0.4, -0.2) is 55.2 Å². The topological polar surface area (TPSA) is 113 Å². The zero-order chi connectivity index (χ0) is 19.3. The molecule has 1 amide bonds. The number of hydrogen-bond acceptors (Lipinski definition) is 5. The Balaban J connectivity index is 1.95. The van der Waals surface area contributed by atoms with Crippen LogP contribution in [0.25, 0.3) is 0 Å². The standard InChI is InChI=1S/C17H24N2O6S/c1-12(2)25-15-7-5-14(6-8-15)18-26(23,24)11-16(20)19-9-3-4-13(10-19)17(21)22/h5-8,12-13,18H,3-4,9-11H2,1-2H3,(H,21,22). The van der Waals surface area contributed by atoms with Gasteiger partial charge >= 0.3 is 5.97 Å². The average Bonchev–Trinajstić information content (AvgIpc) is 2.55. The highest BCUT2D eigenvalue weighted by atomic mass is 32.2. The van der Waals surface area contributed by atoms with Gasteiger partial charge < -0.3 is 14.7 Å². The first-order valence-corrected chi connectivity index (χ1v) is 10.1. The van der Waals surface area contributed by atoms with Crippen molar-refractivity contribution in [3.05, 3.63) is 24.3 Å². The summed E-state index contributed by atoms with van der Waals surface area (Å²) in [5, 5.41) is 9.06. The minimum absolute atomic E-state index is 0.00864. The van der Waals surface area contributed by atoms with E-state index < -0.39 is 33.6 Å². The number of nitrogens with zero attached hydrogens (tertiary/aromatic N) is 1. The molecule has 1 fully saturated rings. The first kappa shape index (κ1) is 20.0. The number of likely N-dealkylation sites (tertiary alicyclic amines) is 1. The van der Waals surface area contributed by atoms with Crippen LogP contribution >= 0.6 is 0 Å². The van der Waals surface area contributed by atoms with Crippen molar-refractivity contribution in [1.29, 1.82) is 0 Å². The smallest absolute Gasteiger partial charge is 0.308 e. The van der Waals surface area contributed by atoms with Crippen LogP contribution in [0.3, 0.4) is 0 Å². The average molecular weight is 384 g/mol. The van der Waals surface area contributed by atoms with Crippen LogP contribution in [0.1, 0.15) is 26.7 Å². The molecule has 0 aromatic heterocycles. The second-order valence-electron chi connectivity index (χ2n) is 6.57. The molecule has 1 aromatic carbocycles. The third kappa shape index (κ3) is 5.91. The number of aliphatic carboxylic acids is 1. The maximum absolute atomic E-state index is 12.2. The lowest BCUT2D eigenvalue weighted by molar-refractivity contribution is -0.145. The van der Waals surface area contributed by atoms with Gasteiger partial charge in [-0.1, -0.05) is 0 Å². The second kappa shape index (κ2) is 8.39. The SMILES string of the molecule is CC(C)Oc1ccc(NS(=O)(=O)CC(=O)N2CCCC(C(=O)O)C2)cc1. The van der Waals surface area contributed by atoms with Gasteiger partial charge in [0.05, 0.1) is 12.0 Å². The molecule has 0 bridgehead atoms. The predicted molar refractivity (Wildman–Crippen MR) is 96.6 cm³/mol. The number of nitrogens with one attached hydrogen (secondary N) is 1. The van der Waals surface area contributed by atoms with Crippen LogP contribution in [-0.2, 0) is 19.6 Å². The Kier molecular flexibility index (Phi) is 6.47. The number of carboxylic acid groups (broad SMARTS) is 1. The van der Waals surface area contributed by atoms with Crippen molar-refractivity contribution in [2.45, 2.75) is 32.8 Å². The highest BCUT2D eigenvalue weighted by molar-refractivity contribution is 7.93. The van der Waals surface area contributed by atoms with Gasteiger partial charge in [0.25, 0.3) is 0 Å². The molecule has 1 atom stereocenters. The summed E-state index contributed by atoms with van der Waals surface area (Å²) in [5.41, 5.74) is 0.330. The molecule has 1 heterocycles. The van der Waals surface area contributed by atoms with E-state index in [0.29, 0.717) is 30.8 Å². The first-order chi connectivity index (χ1) is 12.2. The van der Waals surface area contributed by atoms with Crippen LogP contribution in [0.4, 0.5) is 5.69 Å². The quantitative estimate of drug-likeness (QED) is 0.737. The van der Waals surface area contributed by atoms with Crippen molar-refractivity contribution >= 4 is 27.6 Å². The highest BCUT2D eigenvalue weighted by Crippen LogP contribution is 2.19. The lowest BCUT2D eigenvalue weighted by Gasteiger charge is -2.30. The van der Waals surface area contributed by atoms with Crippen LogP contribution < -0.4 is 9.46 Å². The molecule has 0 radical (unpaired) electrons. The van der Waals surface area contributed by atoms with Gasteiger partial charge in [0.2, 0.25) is 15.9 Å². The maximum atomic E-state index is 12.2. The molecule has 144 valence electrons. The predicted octanol–water partition coefficient (Wildman–Crippen LogP) is 1.54. The molecule has 0 aliphatic carbocycles. The number of carbonyl (C=O) groups is 2. The van der Waals surface area contributed by atoms with Crippen molar-refractivity contribution in [2.24, 2.45) is 5.92 Å². The molecular weight excluding hydrogens is 360 g/mol. The van der Waals surface area contributed by atoms with Crippen molar-refractivity contribution in [3.8, 4) is 5.75 Å². The number of piperidine rings is 1. The van der Waals surface area contributed by atoms with Gasteiger partial charge in [-0.2, -0.15) is 0 Å². The summed E-state index contributed by atoms with van der Waals surface area (Å²) in [6, 6.07) is 6.39. The van der Waals surface area contributed by atoms with Gasteiger partial charge in [-0.25, -0.2) is 8.42 Å². The number of hydrogen-bond donors (Lipinski definition) is 2. The molecule has 26 heavy (non-hydrogen) atoms. The zero-order valence-electron chi connectivity index (χ0n) is 14.8. The fourth-order valence-electron chi connectivity index (χ4n) is 2.75. The first-order valence-electron chi connectivity index (χ1n) is 8.44. The van der Waals surface area contributed by atoms with E-state index in [1.807, 2.05) is 13.8 Å². The Labute approximate surface area is 153 Å². The lowest BCUT2D eigenvalue weighted by atomic mass is 9.98. The summed E-state index contributed by atoms with van der Waals surface area (Å²) < 4.78 is 32.3.